The molecule has 0 spiro atoms. The fraction of sp³-hybridized carbons (Fsp3) is 0.310. The molecule has 1 N–H and O–H groups in total. The molecule has 0 aromatic heterocycles. The molecule has 0 aliphatic rings. The van der Waals surface area contributed by atoms with Crippen molar-refractivity contribution in [1.82, 2.24) is 10.2 Å². The summed E-state index contributed by atoms with van der Waals surface area (Å²) in [7, 11) is -4.07. The van der Waals surface area contributed by atoms with Crippen LogP contribution in [0.2, 0.25) is 0 Å². The van der Waals surface area contributed by atoms with Crippen molar-refractivity contribution in [1.29, 1.82) is 0 Å². The molecule has 1 atom stereocenters. The summed E-state index contributed by atoms with van der Waals surface area (Å²) in [6.07, 6.45) is 0. The fourth-order valence-electron chi connectivity index (χ4n) is 4.10. The Morgan fingerprint density at radius 1 is 0.892 bits per heavy atom. The standard InChI is InChI=1S/C29H35N3O4S/c1-6-30-29(34)24(5)31(19-25-13-11-10-12-22(25)3)28(33)20-32(27-18-21(2)16-17-23(27)4)37(35,36)26-14-8-7-9-15-26/h7-18,24H,6,19-20H2,1-5H3,(H,30,34)/t24-/m0/s1. The number of anilines is 1. The van der Waals surface area contributed by atoms with Crippen LogP contribution in [0.3, 0.4) is 0 Å². The van der Waals surface area contributed by atoms with Gasteiger partial charge < -0.3 is 10.2 Å². The van der Waals surface area contributed by atoms with Crippen LogP contribution in [-0.4, -0.2) is 44.3 Å². The summed E-state index contributed by atoms with van der Waals surface area (Å²) in [5.41, 5.74) is 3.88. The highest BCUT2D eigenvalue weighted by Gasteiger charge is 2.33. The molecule has 0 saturated heterocycles. The molecule has 3 aromatic carbocycles. The molecular weight excluding hydrogens is 486 g/mol. The predicted octanol–water partition coefficient (Wildman–Crippen LogP) is 4.36. The van der Waals surface area contributed by atoms with E-state index in [2.05, 4.69) is 5.32 Å². The van der Waals surface area contributed by atoms with Crippen molar-refractivity contribution >= 4 is 27.5 Å². The van der Waals surface area contributed by atoms with Gasteiger partial charge in [0.25, 0.3) is 10.0 Å². The second-order valence-corrected chi connectivity index (χ2v) is 11.0. The molecule has 2 amide bonds. The molecule has 196 valence electrons. The lowest BCUT2D eigenvalue weighted by atomic mass is 10.1. The quantitative estimate of drug-likeness (QED) is 0.430. The highest BCUT2D eigenvalue weighted by atomic mass is 32.2. The lowest BCUT2D eigenvalue weighted by Crippen LogP contribution is -2.51. The SMILES string of the molecule is CCNC(=O)[C@H](C)N(Cc1ccccc1C)C(=O)CN(c1cc(C)ccc1C)S(=O)(=O)c1ccccc1. The lowest BCUT2D eigenvalue weighted by molar-refractivity contribution is -0.139. The van der Waals surface area contributed by atoms with E-state index in [-0.39, 0.29) is 17.3 Å². The van der Waals surface area contributed by atoms with Crippen molar-refractivity contribution in [3.8, 4) is 0 Å². The third-order valence-corrected chi connectivity index (χ3v) is 8.14. The van der Waals surface area contributed by atoms with Crippen molar-refractivity contribution in [2.75, 3.05) is 17.4 Å². The van der Waals surface area contributed by atoms with Crippen LogP contribution in [0.25, 0.3) is 0 Å². The number of amides is 2. The van der Waals surface area contributed by atoms with Gasteiger partial charge in [0.05, 0.1) is 10.6 Å². The number of carbonyl (C=O) groups is 2. The molecule has 0 aliphatic carbocycles. The minimum absolute atomic E-state index is 0.0888. The van der Waals surface area contributed by atoms with Crippen molar-refractivity contribution < 1.29 is 18.0 Å². The zero-order chi connectivity index (χ0) is 27.2. The van der Waals surface area contributed by atoms with Gasteiger partial charge in [-0.15, -0.1) is 0 Å². The molecule has 7 nitrogen and oxygen atoms in total. The van der Waals surface area contributed by atoms with Crippen LogP contribution >= 0.6 is 0 Å². The van der Waals surface area contributed by atoms with E-state index in [0.29, 0.717) is 12.2 Å². The van der Waals surface area contributed by atoms with Crippen LogP contribution in [0.15, 0.2) is 77.7 Å². The molecule has 3 rings (SSSR count). The van der Waals surface area contributed by atoms with Crippen molar-refractivity contribution in [3.63, 3.8) is 0 Å². The Labute approximate surface area is 220 Å². The Morgan fingerprint density at radius 2 is 1.54 bits per heavy atom. The number of nitrogens with one attached hydrogen (secondary N) is 1. The van der Waals surface area contributed by atoms with Gasteiger partial charge in [0.15, 0.2) is 0 Å². The summed E-state index contributed by atoms with van der Waals surface area (Å²) in [4.78, 5) is 28.2. The highest BCUT2D eigenvalue weighted by Crippen LogP contribution is 2.28. The third-order valence-electron chi connectivity index (χ3n) is 6.36. The Bertz CT molecular complexity index is 1360. The molecule has 0 aliphatic heterocycles. The number of hydrogen-bond acceptors (Lipinski definition) is 4. The first-order valence-electron chi connectivity index (χ1n) is 12.3. The Balaban J connectivity index is 2.07. The minimum Gasteiger partial charge on any atom is -0.355 e. The summed E-state index contributed by atoms with van der Waals surface area (Å²) in [5.74, 6) is -0.768. The van der Waals surface area contributed by atoms with Gasteiger partial charge in [-0.3, -0.25) is 13.9 Å². The molecule has 0 heterocycles. The molecule has 0 fully saturated rings. The molecule has 8 heteroatoms. The number of rotatable bonds is 10. The Morgan fingerprint density at radius 3 is 2.19 bits per heavy atom. The molecule has 0 radical (unpaired) electrons. The van der Waals surface area contributed by atoms with Crippen molar-refractivity contribution in [2.24, 2.45) is 0 Å². The van der Waals surface area contributed by atoms with Crippen LogP contribution < -0.4 is 9.62 Å². The number of sulfonamides is 1. The van der Waals surface area contributed by atoms with Crippen LogP contribution in [0.4, 0.5) is 5.69 Å². The number of carbonyl (C=O) groups excluding carboxylic acids is 2. The molecule has 0 saturated carbocycles. The third kappa shape index (κ3) is 6.57. The van der Waals surface area contributed by atoms with Gasteiger partial charge in [-0.1, -0.05) is 54.6 Å². The van der Waals surface area contributed by atoms with Gasteiger partial charge in [-0.05, 0) is 75.1 Å². The monoisotopic (exact) mass is 521 g/mol. The fourth-order valence-corrected chi connectivity index (χ4v) is 5.59. The smallest absolute Gasteiger partial charge is 0.264 e. The lowest BCUT2D eigenvalue weighted by Gasteiger charge is -2.32. The van der Waals surface area contributed by atoms with E-state index in [4.69, 9.17) is 0 Å². The predicted molar refractivity (Wildman–Crippen MR) is 147 cm³/mol. The number of hydrogen-bond donors (Lipinski definition) is 1. The van der Waals surface area contributed by atoms with E-state index in [1.54, 1.807) is 31.2 Å². The minimum atomic E-state index is -4.07. The highest BCUT2D eigenvalue weighted by molar-refractivity contribution is 7.92. The average molecular weight is 522 g/mol. The van der Waals surface area contributed by atoms with Gasteiger partial charge >= 0.3 is 0 Å². The normalized spacial score (nSPS) is 12.0. The van der Waals surface area contributed by atoms with Crippen LogP contribution in [0.1, 0.15) is 36.1 Å². The maximum atomic E-state index is 13.9. The Kier molecular flexibility index (Phi) is 9.10. The molecule has 3 aromatic rings. The maximum absolute atomic E-state index is 13.9. The second-order valence-electron chi connectivity index (χ2n) is 9.13. The van der Waals surface area contributed by atoms with Gasteiger partial charge in [0.1, 0.15) is 12.6 Å². The van der Waals surface area contributed by atoms with Gasteiger partial charge in [-0.2, -0.15) is 0 Å². The van der Waals surface area contributed by atoms with E-state index in [9.17, 15) is 18.0 Å². The Hall–Kier alpha value is -3.65. The van der Waals surface area contributed by atoms with E-state index >= 15 is 0 Å². The van der Waals surface area contributed by atoms with Gasteiger partial charge in [0.2, 0.25) is 11.8 Å². The van der Waals surface area contributed by atoms with Crippen LogP contribution in [-0.2, 0) is 26.2 Å². The first-order chi connectivity index (χ1) is 17.6. The topological polar surface area (TPSA) is 86.8 Å². The molecular formula is C29H35N3O4S. The molecule has 37 heavy (non-hydrogen) atoms. The van der Waals surface area contributed by atoms with Crippen molar-refractivity contribution in [2.45, 2.75) is 52.1 Å². The van der Waals surface area contributed by atoms with Gasteiger partial charge in [0, 0.05) is 13.1 Å². The summed E-state index contributed by atoms with van der Waals surface area (Å²) < 4.78 is 28.9. The largest absolute Gasteiger partial charge is 0.355 e. The first-order valence-corrected chi connectivity index (χ1v) is 13.8. The van der Waals surface area contributed by atoms with Gasteiger partial charge in [-0.25, -0.2) is 8.42 Å². The number of nitrogens with zero attached hydrogens (tertiary/aromatic N) is 2. The number of benzene rings is 3. The summed E-state index contributed by atoms with van der Waals surface area (Å²) >= 11 is 0. The molecule has 0 unspecified atom stereocenters. The summed E-state index contributed by atoms with van der Waals surface area (Å²) in [5, 5.41) is 2.77. The average Bonchev–Trinajstić information content (AvgIpc) is 2.88. The van der Waals surface area contributed by atoms with E-state index in [0.717, 1.165) is 26.6 Å². The molecule has 0 bridgehead atoms. The van der Waals surface area contributed by atoms with E-state index in [1.807, 2.05) is 64.1 Å². The second kappa shape index (κ2) is 12.1. The first kappa shape index (κ1) is 27.9. The van der Waals surface area contributed by atoms with E-state index < -0.39 is 28.5 Å². The zero-order valence-corrected chi connectivity index (χ0v) is 22.9. The van der Waals surface area contributed by atoms with Crippen molar-refractivity contribution in [3.05, 3.63) is 95.1 Å². The number of likely N-dealkylation sites (N-methyl/N-ethyl adjacent to an activating group) is 1. The van der Waals surface area contributed by atoms with Crippen LogP contribution in [0.5, 0.6) is 0 Å². The summed E-state index contributed by atoms with van der Waals surface area (Å²) in [6, 6.07) is 20.4. The maximum Gasteiger partial charge on any atom is 0.264 e. The summed E-state index contributed by atoms with van der Waals surface area (Å²) in [6.45, 7) is 9.26. The van der Waals surface area contributed by atoms with E-state index in [1.165, 1.54) is 17.0 Å². The van der Waals surface area contributed by atoms with Crippen LogP contribution in [0, 0.1) is 20.8 Å². The number of aryl methyl sites for hydroxylation is 3. The zero-order valence-electron chi connectivity index (χ0n) is 22.1.